The van der Waals surface area contributed by atoms with E-state index in [4.69, 9.17) is 39.4 Å². The summed E-state index contributed by atoms with van der Waals surface area (Å²) < 4.78 is 19.5. The number of aliphatic carboxylic acids is 4. The van der Waals surface area contributed by atoms with E-state index in [9.17, 15) is 19.2 Å². The van der Waals surface area contributed by atoms with Crippen LogP contribution in [0.5, 0.6) is 0 Å². The molecule has 0 fully saturated rings. The van der Waals surface area contributed by atoms with Gasteiger partial charge in [0.25, 0.3) is 0 Å². The molecule has 2 atom stereocenters. The molecule has 0 heterocycles. The van der Waals surface area contributed by atoms with Crippen LogP contribution in [0.25, 0.3) is 0 Å². The van der Waals surface area contributed by atoms with E-state index in [-0.39, 0.29) is 0 Å². The van der Waals surface area contributed by atoms with Crippen LogP contribution in [0.15, 0.2) is 0 Å². The van der Waals surface area contributed by atoms with Crippen LogP contribution in [0.4, 0.5) is 0 Å². The van der Waals surface area contributed by atoms with Gasteiger partial charge in [-0.2, -0.15) is 0 Å². The molecular weight excluding hydrogens is 336 g/mol. The summed E-state index contributed by atoms with van der Waals surface area (Å²) in [7, 11) is 0. The Morgan fingerprint density at radius 3 is 1.12 bits per heavy atom. The largest absolute Gasteiger partial charge is 0.480 e. The van der Waals surface area contributed by atoms with E-state index in [0.717, 1.165) is 0 Å². The highest BCUT2D eigenvalue weighted by molar-refractivity contribution is 5.69. The normalized spacial score (nSPS) is 13.2. The van der Waals surface area contributed by atoms with E-state index in [0.29, 0.717) is 0 Å². The van der Waals surface area contributed by atoms with Crippen molar-refractivity contribution in [2.45, 2.75) is 12.2 Å². The van der Waals surface area contributed by atoms with Crippen molar-refractivity contribution in [3.8, 4) is 0 Å². The van der Waals surface area contributed by atoms with Gasteiger partial charge >= 0.3 is 23.9 Å². The Morgan fingerprint density at radius 1 is 0.583 bits per heavy atom. The van der Waals surface area contributed by atoms with Crippen LogP contribution in [0.2, 0.25) is 0 Å². The summed E-state index contributed by atoms with van der Waals surface area (Å²) in [5.41, 5.74) is 0. The lowest BCUT2D eigenvalue weighted by Gasteiger charge is -2.26. The number of carboxylic acids is 4. The van der Waals surface area contributed by atoms with Gasteiger partial charge in [-0.15, -0.1) is 0 Å². The molecule has 0 saturated heterocycles. The van der Waals surface area contributed by atoms with Crippen LogP contribution in [-0.4, -0.2) is 96.2 Å². The van der Waals surface area contributed by atoms with Crippen molar-refractivity contribution in [1.29, 1.82) is 0 Å². The van der Waals surface area contributed by atoms with E-state index >= 15 is 0 Å². The standard InChI is InChI=1S/C12H18O12/c13-9(14)3-21-1-7(23-5-11(17)18)8(24-6-12(19)20)2-22-4-10(15)16/h7-8H,1-6H2,(H,13,14)(H,15,16)(H,17,18)(H,19,20). The van der Waals surface area contributed by atoms with Crippen LogP contribution < -0.4 is 0 Å². The first-order valence-electron chi connectivity index (χ1n) is 6.48. The molecule has 0 amide bonds. The fraction of sp³-hybridized carbons (Fsp3) is 0.667. The number of hydrogen-bond acceptors (Lipinski definition) is 8. The molecule has 0 aromatic rings. The molecule has 0 aliphatic heterocycles. The third kappa shape index (κ3) is 12.3. The highest BCUT2D eigenvalue weighted by atomic mass is 16.6. The highest BCUT2D eigenvalue weighted by Gasteiger charge is 2.26. The van der Waals surface area contributed by atoms with Crippen molar-refractivity contribution in [1.82, 2.24) is 0 Å². The third-order valence-electron chi connectivity index (χ3n) is 2.27. The molecule has 0 radical (unpaired) electrons. The van der Waals surface area contributed by atoms with Crippen molar-refractivity contribution in [2.24, 2.45) is 0 Å². The summed E-state index contributed by atoms with van der Waals surface area (Å²) in [4.78, 5) is 42.0. The maximum absolute atomic E-state index is 10.6. The maximum atomic E-state index is 10.6. The molecule has 0 saturated carbocycles. The van der Waals surface area contributed by atoms with Crippen molar-refractivity contribution < 1.29 is 58.6 Å². The van der Waals surface area contributed by atoms with E-state index in [2.05, 4.69) is 0 Å². The summed E-state index contributed by atoms with van der Waals surface area (Å²) in [6.45, 7) is -3.83. The summed E-state index contributed by atoms with van der Waals surface area (Å²) in [6, 6.07) is 0. The van der Waals surface area contributed by atoms with E-state index in [1.807, 2.05) is 0 Å². The summed E-state index contributed by atoms with van der Waals surface area (Å²) in [5, 5.41) is 34.2. The van der Waals surface area contributed by atoms with Gasteiger partial charge in [-0.1, -0.05) is 0 Å². The zero-order chi connectivity index (χ0) is 18.5. The number of carboxylic acid groups (broad SMARTS) is 4. The van der Waals surface area contributed by atoms with Crippen molar-refractivity contribution in [2.75, 3.05) is 39.6 Å². The molecule has 0 aliphatic carbocycles. The molecule has 12 nitrogen and oxygen atoms in total. The molecular formula is C12H18O12. The average Bonchev–Trinajstić information content (AvgIpc) is 2.45. The summed E-state index contributed by atoms with van der Waals surface area (Å²) >= 11 is 0. The first kappa shape index (κ1) is 21.7. The summed E-state index contributed by atoms with van der Waals surface area (Å²) in [6.07, 6.45) is -2.37. The lowest BCUT2D eigenvalue weighted by Crippen LogP contribution is -2.41. The second-order valence-electron chi connectivity index (χ2n) is 4.30. The van der Waals surface area contributed by atoms with Crippen LogP contribution in [0.1, 0.15) is 0 Å². The first-order valence-corrected chi connectivity index (χ1v) is 6.48. The van der Waals surface area contributed by atoms with E-state index in [1.54, 1.807) is 0 Å². The molecule has 0 bridgehead atoms. The Bertz CT molecular complexity index is 394. The Hall–Kier alpha value is -2.28. The minimum absolute atomic E-state index is 0.430. The monoisotopic (exact) mass is 354 g/mol. The molecule has 0 spiro atoms. The van der Waals surface area contributed by atoms with Crippen molar-refractivity contribution >= 4 is 23.9 Å². The zero-order valence-electron chi connectivity index (χ0n) is 12.5. The first-order chi connectivity index (χ1) is 11.2. The van der Waals surface area contributed by atoms with Gasteiger partial charge in [0.2, 0.25) is 0 Å². The predicted octanol–water partition coefficient (Wildman–Crippen LogP) is -1.87. The SMILES string of the molecule is O=C(O)COCC(OCC(=O)O)C(COCC(=O)O)OCC(=O)O. The van der Waals surface area contributed by atoms with Gasteiger partial charge in [0.1, 0.15) is 38.6 Å². The van der Waals surface area contributed by atoms with Gasteiger partial charge in [0, 0.05) is 0 Å². The third-order valence-corrected chi connectivity index (χ3v) is 2.27. The Balaban J connectivity index is 4.80. The minimum atomic E-state index is -1.33. The van der Waals surface area contributed by atoms with Crippen LogP contribution >= 0.6 is 0 Å². The van der Waals surface area contributed by atoms with E-state index < -0.39 is 75.7 Å². The second kappa shape index (κ2) is 12.2. The van der Waals surface area contributed by atoms with Crippen LogP contribution in [-0.2, 0) is 38.1 Å². The minimum Gasteiger partial charge on any atom is -0.480 e. The average molecular weight is 354 g/mol. The van der Waals surface area contributed by atoms with Gasteiger partial charge < -0.3 is 39.4 Å². The van der Waals surface area contributed by atoms with Crippen LogP contribution in [0, 0.1) is 0 Å². The number of hydrogen-bond donors (Lipinski definition) is 4. The molecule has 4 N–H and O–H groups in total. The van der Waals surface area contributed by atoms with Gasteiger partial charge in [-0.05, 0) is 0 Å². The van der Waals surface area contributed by atoms with Crippen LogP contribution in [0.3, 0.4) is 0 Å². The zero-order valence-corrected chi connectivity index (χ0v) is 12.5. The predicted molar refractivity (Wildman–Crippen MR) is 71.7 cm³/mol. The number of rotatable bonds is 15. The molecule has 24 heavy (non-hydrogen) atoms. The molecule has 2 unspecified atom stereocenters. The topological polar surface area (TPSA) is 186 Å². The highest BCUT2D eigenvalue weighted by Crippen LogP contribution is 2.07. The molecule has 0 aliphatic rings. The molecule has 138 valence electrons. The Morgan fingerprint density at radius 2 is 0.875 bits per heavy atom. The lowest BCUT2D eigenvalue weighted by atomic mass is 10.2. The lowest BCUT2D eigenvalue weighted by molar-refractivity contribution is -0.169. The summed E-state index contributed by atoms with van der Waals surface area (Å²) in [5.74, 6) is -5.22. The smallest absolute Gasteiger partial charge is 0.329 e. The van der Waals surface area contributed by atoms with Gasteiger partial charge in [0.05, 0.1) is 13.2 Å². The molecule has 12 heteroatoms. The van der Waals surface area contributed by atoms with Gasteiger partial charge in [-0.3, -0.25) is 0 Å². The fourth-order valence-corrected chi connectivity index (χ4v) is 1.41. The van der Waals surface area contributed by atoms with Gasteiger partial charge in [-0.25, -0.2) is 19.2 Å². The number of ether oxygens (including phenoxy) is 4. The maximum Gasteiger partial charge on any atom is 0.329 e. The second-order valence-corrected chi connectivity index (χ2v) is 4.30. The Labute approximate surface area is 135 Å². The molecule has 0 rings (SSSR count). The molecule has 0 aromatic heterocycles. The molecule has 0 aromatic carbocycles. The van der Waals surface area contributed by atoms with Crippen molar-refractivity contribution in [3.63, 3.8) is 0 Å². The van der Waals surface area contributed by atoms with Crippen molar-refractivity contribution in [3.05, 3.63) is 0 Å². The fourth-order valence-electron chi connectivity index (χ4n) is 1.41. The van der Waals surface area contributed by atoms with E-state index in [1.165, 1.54) is 0 Å². The van der Waals surface area contributed by atoms with Gasteiger partial charge in [0.15, 0.2) is 0 Å². The number of carbonyl (C=O) groups is 4. The quantitative estimate of drug-likeness (QED) is 0.257. The Kier molecular flexibility index (Phi) is 11.0.